The lowest BCUT2D eigenvalue weighted by Crippen LogP contribution is -2.45. The molecule has 0 bridgehead atoms. The lowest BCUT2D eigenvalue weighted by molar-refractivity contribution is 0.0893. The van der Waals surface area contributed by atoms with Crippen molar-refractivity contribution in [3.63, 3.8) is 0 Å². The Kier molecular flexibility index (Phi) is 4.05. The largest absolute Gasteiger partial charge is 0.482 e. The number of amides is 1. The normalized spacial score (nSPS) is 21.0. The van der Waals surface area contributed by atoms with Crippen molar-refractivity contribution in [3.8, 4) is 5.75 Å². The van der Waals surface area contributed by atoms with Crippen LogP contribution in [0.15, 0.2) is 18.7 Å². The van der Waals surface area contributed by atoms with E-state index in [1.165, 1.54) is 11.0 Å². The van der Waals surface area contributed by atoms with E-state index in [0.29, 0.717) is 19.0 Å². The fourth-order valence-corrected chi connectivity index (χ4v) is 2.21. The van der Waals surface area contributed by atoms with E-state index < -0.39 is 0 Å². The number of carbonyl (C=O) groups excluding carboxylic acids is 1. The van der Waals surface area contributed by atoms with Crippen molar-refractivity contribution >= 4 is 5.91 Å². The van der Waals surface area contributed by atoms with Gasteiger partial charge in [-0.15, -0.1) is 5.10 Å². The second kappa shape index (κ2) is 6.14. The maximum atomic E-state index is 12.1. The van der Waals surface area contributed by atoms with Crippen LogP contribution in [0.2, 0.25) is 0 Å². The van der Waals surface area contributed by atoms with Crippen LogP contribution in [0.5, 0.6) is 5.75 Å². The van der Waals surface area contributed by atoms with Gasteiger partial charge in [-0.25, -0.2) is 4.98 Å². The fraction of sp³-hybridized carbons (Fsp3) is 0.538. The van der Waals surface area contributed by atoms with Crippen LogP contribution in [0.1, 0.15) is 17.5 Å². The monoisotopic (exact) mass is 306 g/mol. The zero-order valence-electron chi connectivity index (χ0n) is 12.5. The summed E-state index contributed by atoms with van der Waals surface area (Å²) >= 11 is 0. The van der Waals surface area contributed by atoms with Crippen LogP contribution in [-0.4, -0.2) is 55.8 Å². The highest BCUT2D eigenvalue weighted by molar-refractivity contribution is 5.90. The van der Waals surface area contributed by atoms with Gasteiger partial charge in [-0.3, -0.25) is 14.2 Å². The molecule has 0 radical (unpaired) electrons. The van der Waals surface area contributed by atoms with E-state index in [-0.39, 0.29) is 23.9 Å². The first-order valence-corrected chi connectivity index (χ1v) is 7.09. The fourth-order valence-electron chi connectivity index (χ4n) is 2.21. The lowest BCUT2D eigenvalue weighted by Gasteiger charge is -2.18. The summed E-state index contributed by atoms with van der Waals surface area (Å²) in [6.45, 7) is 3.58. The Labute approximate surface area is 127 Å². The Balaban J connectivity index is 1.61. The number of ether oxygens (including phenoxy) is 2. The number of hydrogen-bond donors (Lipinski definition) is 1. The smallest absolute Gasteiger partial charge is 0.291 e. The first-order valence-electron chi connectivity index (χ1n) is 7.09. The van der Waals surface area contributed by atoms with Crippen molar-refractivity contribution < 1.29 is 14.3 Å². The molecule has 1 saturated heterocycles. The summed E-state index contributed by atoms with van der Waals surface area (Å²) in [7, 11) is 1.71. The molecule has 0 aromatic carbocycles. The van der Waals surface area contributed by atoms with Gasteiger partial charge in [0.15, 0.2) is 5.75 Å². The van der Waals surface area contributed by atoms with Crippen molar-refractivity contribution in [1.29, 1.82) is 0 Å². The summed E-state index contributed by atoms with van der Waals surface area (Å²) in [6, 6.07) is -0.249. The Hall–Kier alpha value is -2.42. The molecule has 2 atom stereocenters. The molecule has 1 fully saturated rings. The van der Waals surface area contributed by atoms with Crippen LogP contribution in [0.3, 0.4) is 0 Å². The van der Waals surface area contributed by atoms with E-state index in [0.717, 1.165) is 6.54 Å². The quantitative estimate of drug-likeness (QED) is 0.808. The highest BCUT2D eigenvalue weighted by Crippen LogP contribution is 2.16. The number of aromatic nitrogens is 5. The van der Waals surface area contributed by atoms with Gasteiger partial charge in [-0.05, 0) is 6.92 Å². The van der Waals surface area contributed by atoms with Crippen molar-refractivity contribution in [2.24, 2.45) is 7.05 Å². The predicted octanol–water partition coefficient (Wildman–Crippen LogP) is -0.392. The SMILES string of the molecule is CCn1cc(O[C@@H]2COC[C@@H]2NC(=O)c2ncn(C)n2)cn1. The van der Waals surface area contributed by atoms with Crippen LogP contribution in [0.25, 0.3) is 0 Å². The van der Waals surface area contributed by atoms with Crippen molar-refractivity contribution in [2.45, 2.75) is 25.6 Å². The number of carbonyl (C=O) groups is 1. The van der Waals surface area contributed by atoms with Gasteiger partial charge in [0.1, 0.15) is 12.4 Å². The molecular formula is C13H18N6O3. The van der Waals surface area contributed by atoms with Gasteiger partial charge < -0.3 is 14.8 Å². The second-order valence-corrected chi connectivity index (χ2v) is 5.05. The van der Waals surface area contributed by atoms with Gasteiger partial charge in [0.25, 0.3) is 5.91 Å². The van der Waals surface area contributed by atoms with Gasteiger partial charge in [-0.1, -0.05) is 0 Å². The highest BCUT2D eigenvalue weighted by atomic mass is 16.5. The van der Waals surface area contributed by atoms with Gasteiger partial charge in [0.05, 0.1) is 31.6 Å². The van der Waals surface area contributed by atoms with Crippen molar-refractivity contribution in [1.82, 2.24) is 29.9 Å². The summed E-state index contributed by atoms with van der Waals surface area (Å²) < 4.78 is 14.5. The Morgan fingerprint density at radius 3 is 3.09 bits per heavy atom. The molecule has 1 amide bonds. The molecule has 0 saturated carbocycles. The van der Waals surface area contributed by atoms with Crippen molar-refractivity contribution in [2.75, 3.05) is 13.2 Å². The van der Waals surface area contributed by atoms with E-state index in [2.05, 4.69) is 20.5 Å². The number of aryl methyl sites for hydroxylation is 2. The maximum absolute atomic E-state index is 12.1. The van der Waals surface area contributed by atoms with Gasteiger partial charge in [0, 0.05) is 13.6 Å². The maximum Gasteiger partial charge on any atom is 0.291 e. The minimum absolute atomic E-state index is 0.131. The van der Waals surface area contributed by atoms with Crippen LogP contribution >= 0.6 is 0 Å². The molecule has 1 aliphatic heterocycles. The topological polar surface area (TPSA) is 96.1 Å². The minimum Gasteiger partial charge on any atom is -0.482 e. The molecule has 3 heterocycles. The number of hydrogen-bond acceptors (Lipinski definition) is 6. The lowest BCUT2D eigenvalue weighted by atomic mass is 10.2. The van der Waals surface area contributed by atoms with Crippen LogP contribution in [0, 0.1) is 0 Å². The van der Waals surface area contributed by atoms with E-state index in [9.17, 15) is 4.79 Å². The third-order valence-electron chi connectivity index (χ3n) is 3.37. The average molecular weight is 306 g/mol. The summed E-state index contributed by atoms with van der Waals surface area (Å²) in [5.41, 5.74) is 0. The first kappa shape index (κ1) is 14.5. The van der Waals surface area contributed by atoms with Crippen LogP contribution in [0.4, 0.5) is 0 Å². The van der Waals surface area contributed by atoms with Crippen LogP contribution < -0.4 is 10.1 Å². The predicted molar refractivity (Wildman–Crippen MR) is 75.4 cm³/mol. The molecule has 1 aliphatic rings. The molecular weight excluding hydrogens is 288 g/mol. The van der Waals surface area contributed by atoms with Gasteiger partial charge in [-0.2, -0.15) is 5.10 Å². The zero-order chi connectivity index (χ0) is 15.5. The highest BCUT2D eigenvalue weighted by Gasteiger charge is 2.32. The standard InChI is InChI=1S/C13H18N6O3/c1-3-19-5-9(4-15-19)22-11-7-21-6-10(11)16-13(20)12-14-8-18(2)17-12/h4-5,8,10-11H,3,6-7H2,1-2H3,(H,16,20)/t10-,11+/m0/s1. The molecule has 0 spiro atoms. The number of nitrogens with one attached hydrogen (secondary N) is 1. The molecule has 9 heteroatoms. The van der Waals surface area contributed by atoms with Gasteiger partial charge >= 0.3 is 0 Å². The number of nitrogens with zero attached hydrogens (tertiary/aromatic N) is 5. The zero-order valence-corrected chi connectivity index (χ0v) is 12.5. The Morgan fingerprint density at radius 1 is 1.55 bits per heavy atom. The molecule has 9 nitrogen and oxygen atoms in total. The van der Waals surface area contributed by atoms with E-state index >= 15 is 0 Å². The second-order valence-electron chi connectivity index (χ2n) is 5.05. The van der Waals surface area contributed by atoms with Crippen LogP contribution in [-0.2, 0) is 18.3 Å². The summed E-state index contributed by atoms with van der Waals surface area (Å²) in [5, 5.41) is 11.0. The Bertz CT molecular complexity index is 652. The van der Waals surface area contributed by atoms with E-state index in [4.69, 9.17) is 9.47 Å². The molecule has 0 unspecified atom stereocenters. The average Bonchev–Trinajstić information content (AvgIpc) is 3.22. The molecule has 2 aromatic rings. The number of rotatable bonds is 5. The molecule has 1 N–H and O–H groups in total. The molecule has 22 heavy (non-hydrogen) atoms. The Morgan fingerprint density at radius 2 is 2.41 bits per heavy atom. The minimum atomic E-state index is -0.339. The van der Waals surface area contributed by atoms with Crippen molar-refractivity contribution in [3.05, 3.63) is 24.5 Å². The first-order chi connectivity index (χ1) is 10.7. The molecule has 2 aromatic heterocycles. The molecule has 0 aliphatic carbocycles. The molecule has 3 rings (SSSR count). The third-order valence-corrected chi connectivity index (χ3v) is 3.37. The van der Waals surface area contributed by atoms with Gasteiger partial charge in [0.2, 0.25) is 5.82 Å². The third kappa shape index (κ3) is 3.08. The summed E-state index contributed by atoms with van der Waals surface area (Å²) in [6.07, 6.45) is 4.69. The molecule has 118 valence electrons. The summed E-state index contributed by atoms with van der Waals surface area (Å²) in [4.78, 5) is 16.0. The van der Waals surface area contributed by atoms with E-state index in [1.807, 2.05) is 13.1 Å². The van der Waals surface area contributed by atoms with E-state index in [1.54, 1.807) is 17.9 Å². The summed E-state index contributed by atoms with van der Waals surface area (Å²) in [5.74, 6) is 0.452.